The van der Waals surface area contributed by atoms with E-state index < -0.39 is 10.0 Å². The number of nitrogens with one attached hydrogen (secondary N) is 1. The third kappa shape index (κ3) is 5.54. The number of hydrogen-bond donors (Lipinski definition) is 2. The summed E-state index contributed by atoms with van der Waals surface area (Å²) in [5.74, 6) is 0.621. The van der Waals surface area contributed by atoms with Crippen LogP contribution in [0, 0.1) is 0 Å². The fraction of sp³-hybridized carbons (Fsp3) is 0.111. The highest BCUT2D eigenvalue weighted by atomic mass is 32.2. The van der Waals surface area contributed by atoms with E-state index in [1.54, 1.807) is 48.7 Å². The standard InChI is InChI=1S/C18H20N4O3S/c1-4-5-16(13(2)25-3)17-10-11-20-18(22-17)21-15-8-6-14(7-9-15)12-26(19,23)24/h4-11H,1-2,12H2,3H3,(H2,19,23,24)(H,20,21,22)/b16-5+. The topological polar surface area (TPSA) is 107 Å². The van der Waals surface area contributed by atoms with Crippen LogP contribution in [0.1, 0.15) is 11.3 Å². The lowest BCUT2D eigenvalue weighted by Crippen LogP contribution is -2.14. The number of allylic oxidation sites excluding steroid dienone is 3. The van der Waals surface area contributed by atoms with Gasteiger partial charge in [0, 0.05) is 17.5 Å². The van der Waals surface area contributed by atoms with E-state index in [-0.39, 0.29) is 5.75 Å². The van der Waals surface area contributed by atoms with Gasteiger partial charge in [-0.15, -0.1) is 0 Å². The number of hydrogen-bond acceptors (Lipinski definition) is 6. The van der Waals surface area contributed by atoms with Crippen molar-refractivity contribution in [1.29, 1.82) is 0 Å². The molecule has 2 aromatic rings. The van der Waals surface area contributed by atoms with Crippen molar-refractivity contribution in [3.63, 3.8) is 0 Å². The van der Waals surface area contributed by atoms with E-state index in [9.17, 15) is 8.42 Å². The maximum Gasteiger partial charge on any atom is 0.227 e. The van der Waals surface area contributed by atoms with Gasteiger partial charge in [-0.05, 0) is 29.8 Å². The van der Waals surface area contributed by atoms with Gasteiger partial charge in [-0.2, -0.15) is 0 Å². The Labute approximate surface area is 153 Å². The van der Waals surface area contributed by atoms with Crippen LogP contribution in [0.15, 0.2) is 67.6 Å². The largest absolute Gasteiger partial charge is 0.497 e. The molecule has 1 aromatic carbocycles. The van der Waals surface area contributed by atoms with Crippen molar-refractivity contribution in [2.24, 2.45) is 5.14 Å². The first-order valence-electron chi connectivity index (χ1n) is 7.58. The summed E-state index contributed by atoms with van der Waals surface area (Å²) in [6.07, 6.45) is 4.98. The summed E-state index contributed by atoms with van der Waals surface area (Å²) in [4.78, 5) is 8.63. The summed E-state index contributed by atoms with van der Waals surface area (Å²) in [5, 5.41) is 8.10. The molecular weight excluding hydrogens is 352 g/mol. The fourth-order valence-corrected chi connectivity index (χ4v) is 2.82. The van der Waals surface area contributed by atoms with Crippen molar-refractivity contribution in [2.75, 3.05) is 12.4 Å². The van der Waals surface area contributed by atoms with Gasteiger partial charge in [0.2, 0.25) is 16.0 Å². The minimum absolute atomic E-state index is 0.214. The first-order valence-corrected chi connectivity index (χ1v) is 9.30. The lowest BCUT2D eigenvalue weighted by atomic mass is 10.1. The van der Waals surface area contributed by atoms with E-state index in [1.807, 2.05) is 0 Å². The Bertz CT molecular complexity index is 935. The van der Waals surface area contributed by atoms with Crippen molar-refractivity contribution in [2.45, 2.75) is 5.75 Å². The van der Waals surface area contributed by atoms with Crippen LogP contribution in [0.25, 0.3) is 5.57 Å². The molecule has 26 heavy (non-hydrogen) atoms. The highest BCUT2D eigenvalue weighted by molar-refractivity contribution is 7.88. The van der Waals surface area contributed by atoms with E-state index in [2.05, 4.69) is 28.4 Å². The van der Waals surface area contributed by atoms with E-state index >= 15 is 0 Å². The number of anilines is 2. The SMILES string of the molecule is C=C/C=C(\C(=C)OC)c1ccnc(Nc2ccc(CS(N)(=O)=O)cc2)n1. The minimum Gasteiger partial charge on any atom is -0.497 e. The number of benzene rings is 1. The van der Waals surface area contributed by atoms with Crippen LogP contribution in [0.4, 0.5) is 11.6 Å². The van der Waals surface area contributed by atoms with Crippen LogP contribution in [0.2, 0.25) is 0 Å². The zero-order valence-corrected chi connectivity index (χ0v) is 15.2. The maximum absolute atomic E-state index is 11.1. The quantitative estimate of drug-likeness (QED) is 0.545. The van der Waals surface area contributed by atoms with E-state index in [1.165, 1.54) is 7.11 Å². The second kappa shape index (κ2) is 8.41. The lowest BCUT2D eigenvalue weighted by molar-refractivity contribution is 0.312. The monoisotopic (exact) mass is 372 g/mol. The number of ether oxygens (including phenoxy) is 1. The van der Waals surface area contributed by atoms with Gasteiger partial charge in [0.05, 0.1) is 18.6 Å². The van der Waals surface area contributed by atoms with Crippen LogP contribution < -0.4 is 10.5 Å². The minimum atomic E-state index is -3.56. The maximum atomic E-state index is 11.1. The van der Waals surface area contributed by atoms with Crippen LogP contribution in [-0.2, 0) is 20.5 Å². The highest BCUT2D eigenvalue weighted by Crippen LogP contribution is 2.22. The third-order valence-corrected chi connectivity index (χ3v) is 4.08. The van der Waals surface area contributed by atoms with E-state index in [0.717, 1.165) is 0 Å². The molecule has 0 spiro atoms. The molecule has 0 amide bonds. The molecular formula is C18H20N4O3S. The Hall–Kier alpha value is -2.97. The zero-order valence-electron chi connectivity index (χ0n) is 14.3. The Morgan fingerprint density at radius 2 is 2.00 bits per heavy atom. The normalized spacial score (nSPS) is 11.7. The van der Waals surface area contributed by atoms with Gasteiger partial charge < -0.3 is 10.1 Å². The van der Waals surface area contributed by atoms with Crippen molar-refractivity contribution in [3.05, 3.63) is 78.9 Å². The first-order chi connectivity index (χ1) is 12.3. The number of methoxy groups -OCH3 is 1. The van der Waals surface area contributed by atoms with Gasteiger partial charge in [0.15, 0.2) is 0 Å². The van der Waals surface area contributed by atoms with Gasteiger partial charge in [0.1, 0.15) is 5.76 Å². The van der Waals surface area contributed by atoms with Crippen molar-refractivity contribution in [3.8, 4) is 0 Å². The molecule has 1 aromatic heterocycles. The second-order valence-corrected chi connectivity index (χ2v) is 6.95. The average Bonchev–Trinajstić information content (AvgIpc) is 2.60. The molecule has 8 heteroatoms. The van der Waals surface area contributed by atoms with E-state index in [0.29, 0.717) is 34.2 Å². The van der Waals surface area contributed by atoms with Gasteiger partial charge in [-0.1, -0.05) is 31.4 Å². The molecule has 0 saturated heterocycles. The molecule has 136 valence electrons. The summed E-state index contributed by atoms with van der Waals surface area (Å²) < 4.78 is 27.4. The Morgan fingerprint density at radius 1 is 1.31 bits per heavy atom. The zero-order chi connectivity index (χ0) is 19.2. The predicted octanol–water partition coefficient (Wildman–Crippen LogP) is 2.74. The summed E-state index contributed by atoms with van der Waals surface area (Å²) in [5.41, 5.74) is 2.62. The molecule has 0 aliphatic rings. The molecule has 0 bridgehead atoms. The van der Waals surface area contributed by atoms with Crippen molar-refractivity contribution >= 4 is 27.2 Å². The summed E-state index contributed by atoms with van der Waals surface area (Å²) in [6.45, 7) is 7.53. The molecule has 2 rings (SSSR count). The van der Waals surface area contributed by atoms with Gasteiger partial charge in [0.25, 0.3) is 0 Å². The molecule has 7 nitrogen and oxygen atoms in total. The Kier molecular flexibility index (Phi) is 6.26. The Morgan fingerprint density at radius 3 is 2.58 bits per heavy atom. The summed E-state index contributed by atoms with van der Waals surface area (Å²) >= 11 is 0. The molecule has 3 N–H and O–H groups in total. The molecule has 1 heterocycles. The number of sulfonamides is 1. The average molecular weight is 372 g/mol. The van der Waals surface area contributed by atoms with Crippen molar-refractivity contribution < 1.29 is 13.2 Å². The molecule has 0 saturated carbocycles. The van der Waals surface area contributed by atoms with Crippen LogP contribution >= 0.6 is 0 Å². The van der Waals surface area contributed by atoms with Crippen molar-refractivity contribution in [1.82, 2.24) is 9.97 Å². The molecule has 0 radical (unpaired) electrons. The molecule has 0 unspecified atom stereocenters. The second-order valence-electron chi connectivity index (χ2n) is 5.34. The molecule has 0 fully saturated rings. The van der Waals surface area contributed by atoms with Crippen LogP contribution in [0.5, 0.6) is 0 Å². The highest BCUT2D eigenvalue weighted by Gasteiger charge is 2.09. The molecule has 0 atom stereocenters. The summed E-state index contributed by atoms with van der Waals surface area (Å²) in [7, 11) is -2.03. The lowest BCUT2D eigenvalue weighted by Gasteiger charge is -2.11. The number of rotatable bonds is 8. The van der Waals surface area contributed by atoms with Gasteiger partial charge >= 0.3 is 0 Å². The summed E-state index contributed by atoms with van der Waals surface area (Å²) in [6, 6.07) is 8.54. The Balaban J connectivity index is 2.22. The van der Waals surface area contributed by atoms with Gasteiger partial charge in [-0.25, -0.2) is 23.5 Å². The predicted molar refractivity (Wildman–Crippen MR) is 103 cm³/mol. The smallest absolute Gasteiger partial charge is 0.227 e. The number of nitrogens with two attached hydrogens (primary N) is 1. The van der Waals surface area contributed by atoms with Crippen LogP contribution in [-0.4, -0.2) is 25.5 Å². The fourth-order valence-electron chi connectivity index (χ4n) is 2.16. The third-order valence-electron chi connectivity index (χ3n) is 3.34. The number of nitrogens with zero attached hydrogens (tertiary/aromatic N) is 2. The van der Waals surface area contributed by atoms with Crippen LogP contribution in [0.3, 0.4) is 0 Å². The first kappa shape index (κ1) is 19.4. The number of primary sulfonamides is 1. The van der Waals surface area contributed by atoms with E-state index in [4.69, 9.17) is 9.88 Å². The molecule has 0 aliphatic heterocycles. The number of aromatic nitrogens is 2. The van der Waals surface area contributed by atoms with Gasteiger partial charge in [-0.3, -0.25) is 0 Å². The molecule has 0 aliphatic carbocycles.